The van der Waals surface area contributed by atoms with E-state index in [1.54, 1.807) is 0 Å². The lowest BCUT2D eigenvalue weighted by Gasteiger charge is -1.91. The van der Waals surface area contributed by atoms with E-state index >= 15 is 0 Å². The zero-order valence-corrected chi connectivity index (χ0v) is 5.78. The minimum Gasteiger partial charge on any atom is -0.106 e. The molecule has 0 bridgehead atoms. The number of rotatable bonds is 0. The average Bonchev–Trinajstić information content (AvgIpc) is 2.15. The van der Waals surface area contributed by atoms with Crippen LogP contribution in [-0.4, -0.2) is 0 Å². The lowest BCUT2D eigenvalue weighted by molar-refractivity contribution is 0.617. The Morgan fingerprint density at radius 1 is 1.50 bits per heavy atom. The van der Waals surface area contributed by atoms with Crippen LogP contribution in [0.25, 0.3) is 0 Å². The van der Waals surface area contributed by atoms with Gasteiger partial charge in [-0.3, -0.25) is 0 Å². The van der Waals surface area contributed by atoms with Crippen LogP contribution in [0.15, 0.2) is 0 Å². The van der Waals surface area contributed by atoms with Crippen LogP contribution in [0.1, 0.15) is 27.2 Å². The normalized spacial score (nSPS) is 30.6. The van der Waals surface area contributed by atoms with Crippen LogP contribution in [0.3, 0.4) is 0 Å². The van der Waals surface area contributed by atoms with E-state index in [9.17, 15) is 0 Å². The highest BCUT2D eigenvalue weighted by Gasteiger charge is 2.44. The lowest BCUT2D eigenvalue weighted by Crippen LogP contribution is -1.85. The first-order valence-electron chi connectivity index (χ1n) is 3.09. The summed E-state index contributed by atoms with van der Waals surface area (Å²) in [6, 6.07) is 0. The molecule has 1 fully saturated rings. The molecule has 0 spiro atoms. The standard InChI is InChI=1S/C8H12/c1-4-5-7-6-8(7,2)3/h7H,6H2,1-3H3. The SMILES string of the molecule is CC#CC1CC1(C)C. The van der Waals surface area contributed by atoms with Gasteiger partial charge >= 0.3 is 0 Å². The van der Waals surface area contributed by atoms with Gasteiger partial charge in [-0.2, -0.15) is 0 Å². The van der Waals surface area contributed by atoms with E-state index in [1.165, 1.54) is 6.42 Å². The zero-order valence-electron chi connectivity index (χ0n) is 5.78. The maximum absolute atomic E-state index is 3.16. The predicted octanol–water partition coefficient (Wildman–Crippen LogP) is 2.06. The van der Waals surface area contributed by atoms with E-state index in [0.29, 0.717) is 11.3 Å². The second kappa shape index (κ2) is 1.52. The third-order valence-corrected chi connectivity index (χ3v) is 1.83. The van der Waals surface area contributed by atoms with Crippen molar-refractivity contribution in [1.82, 2.24) is 0 Å². The van der Waals surface area contributed by atoms with Crippen molar-refractivity contribution in [2.45, 2.75) is 27.2 Å². The van der Waals surface area contributed by atoms with Crippen molar-refractivity contribution in [2.24, 2.45) is 11.3 Å². The molecule has 0 N–H and O–H groups in total. The van der Waals surface area contributed by atoms with Crippen LogP contribution in [0.4, 0.5) is 0 Å². The van der Waals surface area contributed by atoms with Gasteiger partial charge in [-0.25, -0.2) is 0 Å². The van der Waals surface area contributed by atoms with E-state index in [1.807, 2.05) is 6.92 Å². The molecule has 0 amide bonds. The first-order chi connectivity index (χ1) is 3.67. The molecule has 0 saturated heterocycles. The van der Waals surface area contributed by atoms with Crippen molar-refractivity contribution in [3.8, 4) is 11.8 Å². The lowest BCUT2D eigenvalue weighted by atomic mass is 10.1. The Labute approximate surface area is 51.3 Å². The van der Waals surface area contributed by atoms with Crippen molar-refractivity contribution in [2.75, 3.05) is 0 Å². The highest BCUT2D eigenvalue weighted by molar-refractivity contribution is 5.15. The van der Waals surface area contributed by atoms with Crippen molar-refractivity contribution in [3.63, 3.8) is 0 Å². The van der Waals surface area contributed by atoms with Gasteiger partial charge in [0.1, 0.15) is 0 Å². The zero-order chi connectivity index (χ0) is 6.20. The van der Waals surface area contributed by atoms with Crippen LogP contribution in [0, 0.1) is 23.2 Å². The topological polar surface area (TPSA) is 0 Å². The van der Waals surface area contributed by atoms with Gasteiger partial charge in [-0.1, -0.05) is 19.8 Å². The van der Waals surface area contributed by atoms with Gasteiger partial charge in [-0.05, 0) is 18.8 Å². The van der Waals surface area contributed by atoms with Crippen LogP contribution in [0.5, 0.6) is 0 Å². The van der Waals surface area contributed by atoms with Crippen molar-refractivity contribution in [1.29, 1.82) is 0 Å². The molecule has 8 heavy (non-hydrogen) atoms. The molecule has 1 unspecified atom stereocenters. The first-order valence-corrected chi connectivity index (χ1v) is 3.09. The largest absolute Gasteiger partial charge is 0.106 e. The summed E-state index contributed by atoms with van der Waals surface area (Å²) in [7, 11) is 0. The molecule has 0 heteroatoms. The van der Waals surface area contributed by atoms with E-state index in [2.05, 4.69) is 25.7 Å². The van der Waals surface area contributed by atoms with E-state index in [4.69, 9.17) is 0 Å². The molecule has 1 aliphatic rings. The third-order valence-electron chi connectivity index (χ3n) is 1.83. The Hall–Kier alpha value is -0.440. The summed E-state index contributed by atoms with van der Waals surface area (Å²) in [6.07, 6.45) is 1.30. The summed E-state index contributed by atoms with van der Waals surface area (Å²) in [4.78, 5) is 0. The molecule has 0 heterocycles. The Morgan fingerprint density at radius 2 is 2.00 bits per heavy atom. The maximum atomic E-state index is 3.16. The maximum Gasteiger partial charge on any atom is 0.0259 e. The third kappa shape index (κ3) is 0.865. The average molecular weight is 108 g/mol. The van der Waals surface area contributed by atoms with Gasteiger partial charge in [0.2, 0.25) is 0 Å². The minimum atomic E-state index is 0.545. The minimum absolute atomic E-state index is 0.545. The predicted molar refractivity (Wildman–Crippen MR) is 35.3 cm³/mol. The summed E-state index contributed by atoms with van der Waals surface area (Å²) < 4.78 is 0. The molecule has 1 atom stereocenters. The van der Waals surface area contributed by atoms with Crippen LogP contribution < -0.4 is 0 Å². The molecule has 0 aliphatic heterocycles. The molecule has 0 aromatic carbocycles. The molecule has 44 valence electrons. The van der Waals surface area contributed by atoms with Crippen molar-refractivity contribution >= 4 is 0 Å². The van der Waals surface area contributed by atoms with E-state index in [-0.39, 0.29) is 0 Å². The van der Waals surface area contributed by atoms with Gasteiger partial charge in [0, 0.05) is 5.92 Å². The smallest absolute Gasteiger partial charge is 0.0259 e. The highest BCUT2D eigenvalue weighted by atomic mass is 14.5. The van der Waals surface area contributed by atoms with Crippen LogP contribution >= 0.6 is 0 Å². The molecule has 1 saturated carbocycles. The van der Waals surface area contributed by atoms with Crippen LogP contribution in [0.2, 0.25) is 0 Å². The van der Waals surface area contributed by atoms with Gasteiger partial charge in [-0.15, -0.1) is 5.92 Å². The Kier molecular flexibility index (Phi) is 1.08. The van der Waals surface area contributed by atoms with Gasteiger partial charge in [0.15, 0.2) is 0 Å². The fourth-order valence-corrected chi connectivity index (χ4v) is 0.888. The molecular weight excluding hydrogens is 96.1 g/mol. The molecule has 0 aromatic heterocycles. The van der Waals surface area contributed by atoms with Crippen LogP contribution in [-0.2, 0) is 0 Å². The Balaban J connectivity index is 2.45. The quantitative estimate of drug-likeness (QED) is 0.417. The molecule has 0 nitrogen and oxygen atoms in total. The summed E-state index contributed by atoms with van der Waals surface area (Å²) in [5, 5.41) is 0. The van der Waals surface area contributed by atoms with Crippen molar-refractivity contribution < 1.29 is 0 Å². The molecule has 0 aromatic rings. The monoisotopic (exact) mass is 108 g/mol. The number of hydrogen-bond acceptors (Lipinski definition) is 0. The summed E-state index contributed by atoms with van der Waals surface area (Å²) in [5.74, 6) is 6.80. The molecule has 1 rings (SSSR count). The fourth-order valence-electron chi connectivity index (χ4n) is 0.888. The van der Waals surface area contributed by atoms with Gasteiger partial charge < -0.3 is 0 Å². The fraction of sp³-hybridized carbons (Fsp3) is 0.750. The summed E-state index contributed by atoms with van der Waals surface area (Å²) in [5.41, 5.74) is 0.545. The van der Waals surface area contributed by atoms with Gasteiger partial charge in [0.25, 0.3) is 0 Å². The van der Waals surface area contributed by atoms with E-state index < -0.39 is 0 Å². The van der Waals surface area contributed by atoms with E-state index in [0.717, 1.165) is 0 Å². The van der Waals surface area contributed by atoms with Gasteiger partial charge in [0.05, 0.1) is 0 Å². The van der Waals surface area contributed by atoms with Crippen molar-refractivity contribution in [3.05, 3.63) is 0 Å². The molecular formula is C8H12. The molecule has 1 aliphatic carbocycles. The molecule has 0 radical (unpaired) electrons. The Bertz CT molecular complexity index is 143. The number of hydrogen-bond donors (Lipinski definition) is 0. The first kappa shape index (κ1) is 5.69. The second-order valence-corrected chi connectivity index (χ2v) is 3.14. The Morgan fingerprint density at radius 3 is 2.12 bits per heavy atom. The second-order valence-electron chi connectivity index (χ2n) is 3.14. The highest BCUT2D eigenvalue weighted by Crippen LogP contribution is 2.50. The summed E-state index contributed by atoms with van der Waals surface area (Å²) in [6.45, 7) is 6.44. The summed E-state index contributed by atoms with van der Waals surface area (Å²) >= 11 is 0.